The van der Waals surface area contributed by atoms with E-state index in [4.69, 9.17) is 0 Å². The summed E-state index contributed by atoms with van der Waals surface area (Å²) < 4.78 is 4.45. The van der Waals surface area contributed by atoms with Crippen molar-refractivity contribution in [3.8, 4) is 0 Å². The van der Waals surface area contributed by atoms with Crippen LogP contribution < -0.4 is 0 Å². The van der Waals surface area contributed by atoms with Crippen molar-refractivity contribution >= 4 is 24.3 Å². The first-order chi connectivity index (χ1) is 6.56. The molecule has 0 spiro atoms. The number of ether oxygens (including phenoxy) is 1. The number of hydrogen-bond acceptors (Lipinski definition) is 5. The van der Waals surface area contributed by atoms with Crippen LogP contribution in [0.25, 0.3) is 0 Å². The number of rotatable bonds is 2. The van der Waals surface area contributed by atoms with Gasteiger partial charge >= 0.3 is 5.97 Å². The molecule has 0 N–H and O–H groups in total. The second kappa shape index (κ2) is 4.10. The van der Waals surface area contributed by atoms with E-state index in [1.54, 1.807) is 0 Å². The van der Waals surface area contributed by atoms with E-state index in [2.05, 4.69) is 17.4 Å². The number of nitro benzene ring substituents is 1. The summed E-state index contributed by atoms with van der Waals surface area (Å²) >= 11 is 3.89. The largest absolute Gasteiger partial charge is 0.465 e. The molecule has 0 fully saturated rings. The monoisotopic (exact) mass is 213 g/mol. The van der Waals surface area contributed by atoms with Crippen molar-refractivity contribution < 1.29 is 14.5 Å². The molecule has 0 saturated carbocycles. The van der Waals surface area contributed by atoms with Crippen molar-refractivity contribution in [3.63, 3.8) is 0 Å². The molecule has 74 valence electrons. The van der Waals surface area contributed by atoms with Gasteiger partial charge in [-0.25, -0.2) is 4.79 Å². The summed E-state index contributed by atoms with van der Waals surface area (Å²) in [6.45, 7) is 0. The van der Waals surface area contributed by atoms with Gasteiger partial charge in [-0.1, -0.05) is 0 Å². The number of nitro groups is 1. The first-order valence-corrected chi connectivity index (χ1v) is 4.06. The first-order valence-electron chi connectivity index (χ1n) is 3.62. The van der Waals surface area contributed by atoms with Crippen molar-refractivity contribution in [2.24, 2.45) is 0 Å². The predicted octanol–water partition coefficient (Wildman–Crippen LogP) is 1.67. The van der Waals surface area contributed by atoms with Gasteiger partial charge in [-0.15, -0.1) is 12.6 Å². The van der Waals surface area contributed by atoms with Crippen LogP contribution in [-0.4, -0.2) is 18.0 Å². The number of methoxy groups -OCH3 is 1. The van der Waals surface area contributed by atoms with Gasteiger partial charge in [-0.05, 0) is 12.1 Å². The third-order valence-electron chi connectivity index (χ3n) is 1.59. The molecule has 0 saturated heterocycles. The molecule has 0 aliphatic carbocycles. The number of nitrogens with zero attached hydrogens (tertiary/aromatic N) is 1. The Morgan fingerprint density at radius 3 is 2.64 bits per heavy atom. The van der Waals surface area contributed by atoms with Crippen molar-refractivity contribution in [3.05, 3.63) is 33.9 Å². The minimum atomic E-state index is -0.566. The molecular formula is C8H7NO4S. The van der Waals surface area contributed by atoms with E-state index in [-0.39, 0.29) is 16.1 Å². The molecule has 14 heavy (non-hydrogen) atoms. The molecular weight excluding hydrogens is 206 g/mol. The van der Waals surface area contributed by atoms with Crippen LogP contribution >= 0.6 is 12.6 Å². The molecule has 5 nitrogen and oxygen atoms in total. The summed E-state index contributed by atoms with van der Waals surface area (Å²) in [5, 5.41) is 10.4. The van der Waals surface area contributed by atoms with Gasteiger partial charge in [0, 0.05) is 6.07 Å². The number of carbonyl (C=O) groups is 1. The van der Waals surface area contributed by atoms with Gasteiger partial charge in [0.2, 0.25) is 0 Å². The smallest absolute Gasteiger partial charge is 0.337 e. The highest BCUT2D eigenvalue weighted by Gasteiger charge is 2.14. The van der Waals surface area contributed by atoms with Crippen LogP contribution in [0, 0.1) is 10.1 Å². The minimum Gasteiger partial charge on any atom is -0.465 e. The molecule has 0 aromatic heterocycles. The van der Waals surface area contributed by atoms with Crippen LogP contribution in [0.2, 0.25) is 0 Å². The van der Waals surface area contributed by atoms with Crippen LogP contribution in [0.5, 0.6) is 0 Å². The summed E-state index contributed by atoms with van der Waals surface area (Å²) in [5.41, 5.74) is 0.101. The average Bonchev–Trinajstić information content (AvgIpc) is 2.15. The zero-order chi connectivity index (χ0) is 10.7. The van der Waals surface area contributed by atoms with Crippen molar-refractivity contribution in [1.29, 1.82) is 0 Å². The fraction of sp³-hybridized carbons (Fsp3) is 0.125. The normalized spacial score (nSPS) is 9.57. The van der Waals surface area contributed by atoms with Gasteiger partial charge in [0.05, 0.1) is 22.5 Å². The SMILES string of the molecule is COC(=O)c1ccc([N+](=O)[O-])c(S)c1. The molecule has 1 rings (SSSR count). The number of hydrogen-bond donors (Lipinski definition) is 1. The van der Waals surface area contributed by atoms with Gasteiger partial charge in [0.25, 0.3) is 5.69 Å². The standard InChI is InChI=1S/C8H7NO4S/c1-13-8(10)5-2-3-6(9(11)12)7(14)4-5/h2-4,14H,1H3. The van der Waals surface area contributed by atoms with E-state index >= 15 is 0 Å². The molecule has 0 radical (unpaired) electrons. The summed E-state index contributed by atoms with van der Waals surface area (Å²) in [6, 6.07) is 3.84. The highest BCUT2D eigenvalue weighted by atomic mass is 32.1. The molecule has 0 atom stereocenters. The van der Waals surface area contributed by atoms with Crippen LogP contribution in [0.15, 0.2) is 23.1 Å². The Labute approximate surface area is 85.2 Å². The molecule has 0 amide bonds. The van der Waals surface area contributed by atoms with Crippen molar-refractivity contribution in [1.82, 2.24) is 0 Å². The van der Waals surface area contributed by atoms with E-state index in [0.717, 1.165) is 0 Å². The Balaban J connectivity index is 3.12. The van der Waals surface area contributed by atoms with Gasteiger partial charge in [-0.3, -0.25) is 10.1 Å². The van der Waals surface area contributed by atoms with Gasteiger partial charge in [0.1, 0.15) is 0 Å². The Bertz CT molecular complexity index is 391. The fourth-order valence-corrected chi connectivity index (χ4v) is 1.22. The summed E-state index contributed by atoms with van der Waals surface area (Å²) in [5.74, 6) is -0.546. The fourth-order valence-electron chi connectivity index (χ4n) is 0.923. The minimum absolute atomic E-state index is 0.137. The summed E-state index contributed by atoms with van der Waals surface area (Å²) in [7, 11) is 1.24. The van der Waals surface area contributed by atoms with E-state index in [0.29, 0.717) is 0 Å². The summed E-state index contributed by atoms with van der Waals surface area (Å²) in [6.07, 6.45) is 0. The topological polar surface area (TPSA) is 69.4 Å². The third kappa shape index (κ3) is 2.02. The molecule has 6 heteroatoms. The average molecular weight is 213 g/mol. The molecule has 1 aromatic rings. The highest BCUT2D eigenvalue weighted by Crippen LogP contribution is 2.23. The summed E-state index contributed by atoms with van der Waals surface area (Å²) in [4.78, 5) is 21.0. The zero-order valence-electron chi connectivity index (χ0n) is 7.26. The van der Waals surface area contributed by atoms with E-state index < -0.39 is 10.9 Å². The lowest BCUT2D eigenvalue weighted by atomic mass is 10.2. The van der Waals surface area contributed by atoms with Crippen LogP contribution in [0.1, 0.15) is 10.4 Å². The molecule has 0 bridgehead atoms. The third-order valence-corrected chi connectivity index (χ3v) is 1.95. The lowest BCUT2D eigenvalue weighted by Gasteiger charge is -2.00. The van der Waals surface area contributed by atoms with E-state index in [9.17, 15) is 14.9 Å². The maximum atomic E-state index is 11.0. The quantitative estimate of drug-likeness (QED) is 0.351. The zero-order valence-corrected chi connectivity index (χ0v) is 8.15. The van der Waals surface area contributed by atoms with E-state index in [1.807, 2.05) is 0 Å². The van der Waals surface area contributed by atoms with Crippen molar-refractivity contribution in [2.75, 3.05) is 7.11 Å². The number of esters is 1. The lowest BCUT2D eigenvalue weighted by Crippen LogP contribution is -2.01. The Kier molecular flexibility index (Phi) is 3.08. The highest BCUT2D eigenvalue weighted by molar-refractivity contribution is 7.80. The second-order valence-corrected chi connectivity index (χ2v) is 2.93. The first kappa shape index (κ1) is 10.5. The Hall–Kier alpha value is -1.56. The Morgan fingerprint density at radius 2 is 2.21 bits per heavy atom. The van der Waals surface area contributed by atoms with Crippen LogP contribution in [0.4, 0.5) is 5.69 Å². The number of carbonyl (C=O) groups excluding carboxylic acids is 1. The van der Waals surface area contributed by atoms with E-state index in [1.165, 1.54) is 25.3 Å². The van der Waals surface area contributed by atoms with Gasteiger partial charge in [-0.2, -0.15) is 0 Å². The molecule has 0 aliphatic rings. The second-order valence-electron chi connectivity index (χ2n) is 2.45. The molecule has 0 heterocycles. The molecule has 0 aliphatic heterocycles. The maximum Gasteiger partial charge on any atom is 0.337 e. The molecule has 0 unspecified atom stereocenters. The van der Waals surface area contributed by atoms with Gasteiger partial charge < -0.3 is 4.74 Å². The predicted molar refractivity (Wildman–Crippen MR) is 51.7 cm³/mol. The Morgan fingerprint density at radius 1 is 1.57 bits per heavy atom. The number of benzene rings is 1. The lowest BCUT2D eigenvalue weighted by molar-refractivity contribution is -0.387. The van der Waals surface area contributed by atoms with Gasteiger partial charge in [0.15, 0.2) is 0 Å². The molecule has 1 aromatic carbocycles. The maximum absolute atomic E-state index is 11.0. The van der Waals surface area contributed by atoms with Crippen LogP contribution in [0.3, 0.4) is 0 Å². The van der Waals surface area contributed by atoms with Crippen molar-refractivity contribution in [2.45, 2.75) is 4.90 Å². The number of thiol groups is 1. The van der Waals surface area contributed by atoms with Crippen LogP contribution in [-0.2, 0) is 4.74 Å².